The molecular weight excluding hydrogens is 543 g/mol. The molecule has 0 saturated heterocycles. The van der Waals surface area contributed by atoms with Crippen LogP contribution in [0.5, 0.6) is 0 Å². The Kier molecular flexibility index (Phi) is 6.64. The van der Waals surface area contributed by atoms with Gasteiger partial charge in [0, 0.05) is 29.4 Å². The number of rotatable bonds is 7. The van der Waals surface area contributed by atoms with Gasteiger partial charge in [0.2, 0.25) is 11.7 Å². The summed E-state index contributed by atoms with van der Waals surface area (Å²) < 4.78 is 54.4. The van der Waals surface area contributed by atoms with E-state index >= 15 is 0 Å². The van der Waals surface area contributed by atoms with Crippen LogP contribution >= 0.6 is 15.9 Å². The first-order valence-corrected chi connectivity index (χ1v) is 12.2. The first kappa shape index (κ1) is 24.6. The molecule has 1 saturated carbocycles. The second-order valence-electron chi connectivity index (χ2n) is 8.72. The van der Waals surface area contributed by atoms with E-state index < -0.39 is 12.7 Å². The number of halogens is 4. The second kappa shape index (κ2) is 9.74. The first-order valence-electron chi connectivity index (χ1n) is 11.4. The average molecular weight is 566 g/mol. The highest BCUT2D eigenvalue weighted by atomic mass is 79.9. The summed E-state index contributed by atoms with van der Waals surface area (Å²) in [5, 5.41) is 7.19. The molecule has 1 aromatic carbocycles. The molecule has 36 heavy (non-hydrogen) atoms. The molecule has 3 aromatic heterocycles. The van der Waals surface area contributed by atoms with Crippen molar-refractivity contribution in [2.75, 3.05) is 7.11 Å². The van der Waals surface area contributed by atoms with Gasteiger partial charge in [-0.15, -0.1) is 0 Å². The van der Waals surface area contributed by atoms with Gasteiger partial charge in [0.1, 0.15) is 6.54 Å². The largest absolute Gasteiger partial charge is 0.406 e. The number of hydrogen-bond donors (Lipinski definition) is 1. The van der Waals surface area contributed by atoms with Crippen molar-refractivity contribution in [3.63, 3.8) is 0 Å². The summed E-state index contributed by atoms with van der Waals surface area (Å²) in [7, 11) is 1.69. The fourth-order valence-electron chi connectivity index (χ4n) is 4.75. The molecular formula is C24H23BrF3N5O3. The lowest BCUT2D eigenvalue weighted by Crippen LogP contribution is -2.23. The molecule has 5 rings (SSSR count). The minimum Gasteiger partial charge on any atom is -0.379 e. The normalized spacial score (nSPS) is 18.2. The van der Waals surface area contributed by atoms with Crippen LogP contribution in [0.25, 0.3) is 22.4 Å². The summed E-state index contributed by atoms with van der Waals surface area (Å²) in [4.78, 5) is 16.9. The molecule has 0 bridgehead atoms. The molecule has 1 fully saturated rings. The third kappa shape index (κ3) is 4.92. The first-order chi connectivity index (χ1) is 17.2. The van der Waals surface area contributed by atoms with Crippen molar-refractivity contribution in [3.05, 3.63) is 58.7 Å². The van der Waals surface area contributed by atoms with Gasteiger partial charge < -0.3 is 23.7 Å². The second-order valence-corrected chi connectivity index (χ2v) is 9.57. The molecule has 3 heterocycles. The van der Waals surface area contributed by atoms with Gasteiger partial charge in [-0.25, -0.2) is 0 Å². The molecule has 190 valence electrons. The molecule has 1 aliphatic rings. The van der Waals surface area contributed by atoms with E-state index in [0.717, 1.165) is 23.8 Å². The van der Waals surface area contributed by atoms with Gasteiger partial charge >= 0.3 is 6.18 Å². The van der Waals surface area contributed by atoms with E-state index in [-0.39, 0.29) is 42.0 Å². The number of ether oxygens (including phenoxy) is 1. The van der Waals surface area contributed by atoms with E-state index in [9.17, 15) is 18.0 Å². The molecule has 1 aliphatic carbocycles. The van der Waals surface area contributed by atoms with Crippen LogP contribution in [0.2, 0.25) is 0 Å². The van der Waals surface area contributed by atoms with Crippen molar-refractivity contribution < 1.29 is 27.2 Å². The van der Waals surface area contributed by atoms with Gasteiger partial charge in [-0.3, -0.25) is 4.79 Å². The van der Waals surface area contributed by atoms with Crippen molar-refractivity contribution >= 4 is 32.7 Å². The van der Waals surface area contributed by atoms with E-state index in [1.165, 1.54) is 0 Å². The third-order valence-electron chi connectivity index (χ3n) is 6.41. The third-order valence-corrected chi connectivity index (χ3v) is 7.10. The number of carbonyl (C=O) groups excluding carboxylic acids is 1. The van der Waals surface area contributed by atoms with Crippen molar-refractivity contribution in [1.29, 1.82) is 0 Å². The monoisotopic (exact) mass is 565 g/mol. The SMILES string of the molecule is CO[C@@H]1CCC[C@H]1n1ccc(C(=O)NCc2nc(-c3cc4c(Br)cccc4n3CC(F)(F)F)no2)c1. The van der Waals surface area contributed by atoms with Crippen LogP contribution in [0.1, 0.15) is 41.6 Å². The van der Waals surface area contributed by atoms with E-state index in [1.807, 2.05) is 10.8 Å². The maximum atomic E-state index is 13.3. The van der Waals surface area contributed by atoms with Crippen molar-refractivity contribution in [2.45, 2.75) is 50.7 Å². The Morgan fingerprint density at radius 1 is 1.31 bits per heavy atom. The quantitative estimate of drug-likeness (QED) is 0.320. The van der Waals surface area contributed by atoms with Gasteiger partial charge in [0.05, 0.1) is 35.5 Å². The summed E-state index contributed by atoms with van der Waals surface area (Å²) in [5.74, 6) is -0.240. The minimum atomic E-state index is -4.44. The Bertz CT molecular complexity index is 1390. The Hall–Kier alpha value is -3.12. The number of hydrogen-bond acceptors (Lipinski definition) is 5. The average Bonchev–Trinajstić information content (AvgIpc) is 3.62. The molecule has 2 atom stereocenters. The number of amides is 1. The zero-order valence-corrected chi connectivity index (χ0v) is 20.8. The van der Waals surface area contributed by atoms with Crippen LogP contribution in [0, 0.1) is 0 Å². The summed E-state index contributed by atoms with van der Waals surface area (Å²) in [6, 6.07) is 8.51. The Balaban J connectivity index is 1.32. The Morgan fingerprint density at radius 2 is 2.14 bits per heavy atom. The zero-order chi connectivity index (χ0) is 25.4. The van der Waals surface area contributed by atoms with Crippen LogP contribution < -0.4 is 5.32 Å². The molecule has 4 aromatic rings. The number of nitrogens with one attached hydrogen (secondary N) is 1. The maximum Gasteiger partial charge on any atom is 0.406 e. The van der Waals surface area contributed by atoms with Gasteiger partial charge in [0.15, 0.2) is 0 Å². The van der Waals surface area contributed by atoms with Crippen LogP contribution in [-0.4, -0.2) is 44.6 Å². The number of methoxy groups -OCH3 is 1. The van der Waals surface area contributed by atoms with Crippen LogP contribution in [0.3, 0.4) is 0 Å². The molecule has 12 heteroatoms. The van der Waals surface area contributed by atoms with Crippen molar-refractivity contribution in [1.82, 2.24) is 24.6 Å². The highest BCUT2D eigenvalue weighted by molar-refractivity contribution is 9.10. The van der Waals surface area contributed by atoms with Gasteiger partial charge in [-0.1, -0.05) is 27.2 Å². The molecule has 1 N–H and O–H groups in total. The lowest BCUT2D eigenvalue weighted by molar-refractivity contribution is -0.139. The van der Waals surface area contributed by atoms with Crippen molar-refractivity contribution in [2.24, 2.45) is 0 Å². The number of benzene rings is 1. The number of alkyl halides is 3. The summed E-state index contributed by atoms with van der Waals surface area (Å²) in [6.07, 6.45) is 2.37. The Labute approximate surface area is 212 Å². The van der Waals surface area contributed by atoms with Crippen molar-refractivity contribution in [3.8, 4) is 11.5 Å². The lowest BCUT2D eigenvalue weighted by Gasteiger charge is -2.19. The fourth-order valence-corrected chi connectivity index (χ4v) is 5.22. The standard InChI is InChI=1S/C24H23BrF3N5O3/c1-35-20-7-3-6-18(20)32-9-8-14(12-32)23(34)29-11-21-30-22(31-36-21)19-10-15-16(25)4-2-5-17(15)33(19)13-24(26,27)28/h2,4-5,8-10,12,18,20H,3,6-7,11,13H2,1H3,(H,29,34)/t18-,20-/m1/s1. The topological polar surface area (TPSA) is 87.1 Å². The zero-order valence-electron chi connectivity index (χ0n) is 19.3. The Morgan fingerprint density at radius 3 is 2.92 bits per heavy atom. The molecule has 0 unspecified atom stereocenters. The summed E-state index contributed by atoms with van der Waals surface area (Å²) >= 11 is 3.38. The van der Waals surface area contributed by atoms with Crippen LogP contribution in [0.4, 0.5) is 13.2 Å². The maximum absolute atomic E-state index is 13.3. The van der Waals surface area contributed by atoms with Gasteiger partial charge in [-0.2, -0.15) is 18.2 Å². The van der Waals surface area contributed by atoms with E-state index in [4.69, 9.17) is 9.26 Å². The van der Waals surface area contributed by atoms with Crippen LogP contribution in [0.15, 0.2) is 51.7 Å². The van der Waals surface area contributed by atoms with Gasteiger partial charge in [-0.05, 0) is 43.5 Å². The molecule has 8 nitrogen and oxygen atoms in total. The van der Waals surface area contributed by atoms with E-state index in [2.05, 4.69) is 31.4 Å². The molecule has 0 radical (unpaired) electrons. The van der Waals surface area contributed by atoms with Crippen LogP contribution in [-0.2, 0) is 17.8 Å². The smallest absolute Gasteiger partial charge is 0.379 e. The number of aromatic nitrogens is 4. The number of fused-ring (bicyclic) bond motifs is 1. The minimum absolute atomic E-state index is 0.00425. The van der Waals surface area contributed by atoms with E-state index in [0.29, 0.717) is 20.9 Å². The van der Waals surface area contributed by atoms with Gasteiger partial charge in [0.25, 0.3) is 5.91 Å². The number of nitrogens with zero attached hydrogens (tertiary/aromatic N) is 4. The predicted octanol–water partition coefficient (Wildman–Crippen LogP) is 5.49. The van der Waals surface area contributed by atoms with E-state index in [1.54, 1.807) is 43.6 Å². The molecule has 0 spiro atoms. The summed E-state index contributed by atoms with van der Waals surface area (Å²) in [5.41, 5.74) is 1.03. The predicted molar refractivity (Wildman–Crippen MR) is 128 cm³/mol. The highest BCUT2D eigenvalue weighted by Gasteiger charge is 2.31. The highest BCUT2D eigenvalue weighted by Crippen LogP contribution is 2.34. The number of carbonyl (C=O) groups is 1. The lowest BCUT2D eigenvalue weighted by atomic mass is 10.2. The fraction of sp³-hybridized carbons (Fsp3) is 0.375. The molecule has 1 amide bonds. The summed E-state index contributed by atoms with van der Waals surface area (Å²) in [6.45, 7) is -1.27. The molecule has 0 aliphatic heterocycles.